The number of rotatable bonds is 4. The van der Waals surface area contributed by atoms with E-state index >= 15 is 0 Å². The first-order valence-electron chi connectivity index (χ1n) is 6.59. The van der Waals surface area contributed by atoms with E-state index in [1.807, 2.05) is 6.92 Å². The van der Waals surface area contributed by atoms with Crippen molar-refractivity contribution in [3.8, 4) is 0 Å². The molecule has 1 aliphatic rings. The van der Waals surface area contributed by atoms with Crippen LogP contribution in [0.4, 0.5) is 5.69 Å². The van der Waals surface area contributed by atoms with Gasteiger partial charge in [-0.3, -0.25) is 14.6 Å². The van der Waals surface area contributed by atoms with E-state index in [-0.39, 0.29) is 0 Å². The number of likely N-dealkylation sites (N-methyl/N-ethyl adjacent to an activating group) is 1. The molecule has 1 heterocycles. The molecule has 0 fully saturated rings. The maximum absolute atomic E-state index is 12.6. The Hall–Kier alpha value is -2.17. The maximum atomic E-state index is 12.6. The standard InChI is InChI=1S/C15H18N2O3/c1-4-7-12-15(14(19)20,13(18)17(2)3)10-8-5-6-9-11(10)16-12/h5-6,8-9H,4,7H2,1-3H3,(H,19,20). The molecule has 1 unspecified atom stereocenters. The summed E-state index contributed by atoms with van der Waals surface area (Å²) < 4.78 is 0. The van der Waals surface area contributed by atoms with Crippen LogP contribution < -0.4 is 0 Å². The second-order valence-corrected chi connectivity index (χ2v) is 5.08. The van der Waals surface area contributed by atoms with E-state index in [0.717, 1.165) is 6.42 Å². The summed E-state index contributed by atoms with van der Waals surface area (Å²) >= 11 is 0. The molecule has 2 rings (SSSR count). The second kappa shape index (κ2) is 5.07. The number of fused-ring (bicyclic) bond motifs is 1. The van der Waals surface area contributed by atoms with Crippen LogP contribution in [-0.4, -0.2) is 41.7 Å². The Kier molecular flexibility index (Phi) is 3.61. The zero-order valence-corrected chi connectivity index (χ0v) is 11.9. The zero-order chi connectivity index (χ0) is 14.9. The Balaban J connectivity index is 2.72. The predicted octanol–water partition coefficient (Wildman–Crippen LogP) is 1.98. The van der Waals surface area contributed by atoms with E-state index in [2.05, 4.69) is 4.99 Å². The van der Waals surface area contributed by atoms with Gasteiger partial charge in [0.2, 0.25) is 11.3 Å². The summed E-state index contributed by atoms with van der Waals surface area (Å²) in [6, 6.07) is 6.96. The molecular weight excluding hydrogens is 256 g/mol. The van der Waals surface area contributed by atoms with E-state index in [1.54, 1.807) is 38.4 Å². The first kappa shape index (κ1) is 14.2. The molecule has 0 spiro atoms. The quantitative estimate of drug-likeness (QED) is 0.853. The zero-order valence-electron chi connectivity index (χ0n) is 11.9. The first-order chi connectivity index (χ1) is 9.46. The predicted molar refractivity (Wildman–Crippen MR) is 76.5 cm³/mol. The van der Waals surface area contributed by atoms with E-state index < -0.39 is 17.3 Å². The molecule has 106 valence electrons. The molecule has 0 radical (unpaired) electrons. The second-order valence-electron chi connectivity index (χ2n) is 5.08. The summed E-state index contributed by atoms with van der Waals surface area (Å²) in [5, 5.41) is 9.80. The van der Waals surface area contributed by atoms with Crippen LogP contribution in [0, 0.1) is 0 Å². The van der Waals surface area contributed by atoms with E-state index in [4.69, 9.17) is 0 Å². The molecule has 5 nitrogen and oxygen atoms in total. The van der Waals surface area contributed by atoms with Crippen molar-refractivity contribution >= 4 is 23.3 Å². The van der Waals surface area contributed by atoms with Gasteiger partial charge in [-0.25, -0.2) is 0 Å². The topological polar surface area (TPSA) is 70.0 Å². The molecule has 0 bridgehead atoms. The minimum absolute atomic E-state index is 0.424. The van der Waals surface area contributed by atoms with Crippen molar-refractivity contribution in [2.75, 3.05) is 14.1 Å². The number of carbonyl (C=O) groups excluding carboxylic acids is 1. The van der Waals surface area contributed by atoms with Crippen molar-refractivity contribution in [3.63, 3.8) is 0 Å². The summed E-state index contributed by atoms with van der Waals surface area (Å²) in [6.45, 7) is 1.94. The summed E-state index contributed by atoms with van der Waals surface area (Å²) in [4.78, 5) is 30.3. The van der Waals surface area contributed by atoms with Gasteiger partial charge in [0, 0.05) is 25.4 Å². The van der Waals surface area contributed by atoms with Crippen LogP contribution in [-0.2, 0) is 15.0 Å². The van der Waals surface area contributed by atoms with Gasteiger partial charge in [0.15, 0.2) is 0 Å². The van der Waals surface area contributed by atoms with Gasteiger partial charge >= 0.3 is 5.97 Å². The Bertz CT molecular complexity index is 593. The molecule has 5 heteroatoms. The minimum atomic E-state index is -1.67. The number of carboxylic acid groups (broad SMARTS) is 1. The SMILES string of the molecule is CCCC1=Nc2ccccc2C1(C(=O)O)C(=O)N(C)C. The Labute approximate surface area is 117 Å². The average Bonchev–Trinajstić information content (AvgIpc) is 2.73. The lowest BCUT2D eigenvalue weighted by molar-refractivity contribution is -0.149. The fraction of sp³-hybridized carbons (Fsp3) is 0.400. The van der Waals surface area contributed by atoms with Crippen LogP contribution in [0.25, 0.3) is 0 Å². The van der Waals surface area contributed by atoms with Gasteiger partial charge in [0.05, 0.1) is 5.69 Å². The van der Waals surface area contributed by atoms with Crippen LogP contribution in [0.3, 0.4) is 0 Å². The van der Waals surface area contributed by atoms with Crippen molar-refractivity contribution in [2.45, 2.75) is 25.2 Å². The molecule has 0 saturated carbocycles. The van der Waals surface area contributed by atoms with E-state index in [9.17, 15) is 14.7 Å². The Morgan fingerprint density at radius 3 is 2.50 bits per heavy atom. The summed E-state index contributed by atoms with van der Waals surface area (Å²) in [5.41, 5.74) is -0.202. The highest BCUT2D eigenvalue weighted by Crippen LogP contribution is 2.42. The molecule has 1 aromatic rings. The fourth-order valence-corrected chi connectivity index (χ4v) is 2.66. The summed E-state index contributed by atoms with van der Waals surface area (Å²) in [7, 11) is 3.13. The summed E-state index contributed by atoms with van der Waals surface area (Å²) in [5.74, 6) is -1.62. The molecule has 0 aromatic heterocycles. The number of carboxylic acids is 1. The molecule has 1 amide bonds. The highest BCUT2D eigenvalue weighted by Gasteiger charge is 2.56. The fourth-order valence-electron chi connectivity index (χ4n) is 2.66. The largest absolute Gasteiger partial charge is 0.480 e. The molecule has 0 saturated heterocycles. The van der Waals surface area contributed by atoms with Crippen LogP contribution in [0.5, 0.6) is 0 Å². The molecular formula is C15H18N2O3. The lowest BCUT2D eigenvalue weighted by Gasteiger charge is -2.29. The normalized spacial score (nSPS) is 20.2. The minimum Gasteiger partial charge on any atom is -0.480 e. The number of para-hydroxylation sites is 1. The third-order valence-electron chi connectivity index (χ3n) is 3.53. The number of carbonyl (C=O) groups is 2. The van der Waals surface area contributed by atoms with Crippen LogP contribution in [0.1, 0.15) is 25.3 Å². The van der Waals surface area contributed by atoms with Crippen LogP contribution >= 0.6 is 0 Å². The first-order valence-corrected chi connectivity index (χ1v) is 6.59. The van der Waals surface area contributed by atoms with Crippen LogP contribution in [0.15, 0.2) is 29.3 Å². The Morgan fingerprint density at radius 2 is 1.95 bits per heavy atom. The van der Waals surface area contributed by atoms with Gasteiger partial charge in [-0.05, 0) is 12.5 Å². The average molecular weight is 274 g/mol. The van der Waals surface area contributed by atoms with Gasteiger partial charge in [-0.2, -0.15) is 0 Å². The van der Waals surface area contributed by atoms with Gasteiger partial charge in [0.25, 0.3) is 0 Å². The molecule has 1 aromatic carbocycles. The number of aliphatic imine (C=N–C) groups is 1. The Morgan fingerprint density at radius 1 is 1.30 bits per heavy atom. The van der Waals surface area contributed by atoms with Gasteiger partial charge < -0.3 is 10.0 Å². The van der Waals surface area contributed by atoms with E-state index in [1.165, 1.54) is 4.90 Å². The number of hydrogen-bond acceptors (Lipinski definition) is 3. The third kappa shape index (κ3) is 1.81. The molecule has 0 aliphatic carbocycles. The van der Waals surface area contributed by atoms with Crippen molar-refractivity contribution < 1.29 is 14.7 Å². The number of benzene rings is 1. The number of hydrogen-bond donors (Lipinski definition) is 1. The third-order valence-corrected chi connectivity index (χ3v) is 3.53. The molecule has 1 N–H and O–H groups in total. The number of aliphatic carboxylic acids is 1. The highest BCUT2D eigenvalue weighted by molar-refractivity contribution is 6.31. The smallest absolute Gasteiger partial charge is 0.329 e. The van der Waals surface area contributed by atoms with Crippen molar-refractivity contribution in [3.05, 3.63) is 29.8 Å². The van der Waals surface area contributed by atoms with Crippen LogP contribution in [0.2, 0.25) is 0 Å². The van der Waals surface area contributed by atoms with Gasteiger partial charge in [-0.15, -0.1) is 0 Å². The van der Waals surface area contributed by atoms with Gasteiger partial charge in [0.1, 0.15) is 0 Å². The van der Waals surface area contributed by atoms with Gasteiger partial charge in [-0.1, -0.05) is 31.5 Å². The number of nitrogens with zero attached hydrogens (tertiary/aromatic N) is 2. The molecule has 1 atom stereocenters. The molecule has 20 heavy (non-hydrogen) atoms. The molecule has 1 aliphatic heterocycles. The summed E-state index contributed by atoms with van der Waals surface area (Å²) in [6.07, 6.45) is 1.23. The maximum Gasteiger partial charge on any atom is 0.329 e. The van der Waals surface area contributed by atoms with E-state index in [0.29, 0.717) is 23.4 Å². The lowest BCUT2D eigenvalue weighted by atomic mass is 9.75. The lowest BCUT2D eigenvalue weighted by Crippen LogP contribution is -2.53. The highest BCUT2D eigenvalue weighted by atomic mass is 16.4. The monoisotopic (exact) mass is 274 g/mol. The van der Waals surface area contributed by atoms with Crippen molar-refractivity contribution in [1.82, 2.24) is 4.90 Å². The number of amides is 1. The van der Waals surface area contributed by atoms with Crippen molar-refractivity contribution in [2.24, 2.45) is 4.99 Å². The van der Waals surface area contributed by atoms with Crippen molar-refractivity contribution in [1.29, 1.82) is 0 Å².